The van der Waals surface area contributed by atoms with Crippen LogP contribution in [0.2, 0.25) is 0 Å². The molecule has 2 aromatic heterocycles. The predicted molar refractivity (Wildman–Crippen MR) is 92.6 cm³/mol. The number of thiophene rings is 1. The summed E-state index contributed by atoms with van der Waals surface area (Å²) >= 11 is 3.55. The van der Waals surface area contributed by atoms with Gasteiger partial charge in [0, 0.05) is 42.0 Å². The van der Waals surface area contributed by atoms with E-state index < -0.39 is 0 Å². The van der Waals surface area contributed by atoms with Gasteiger partial charge in [-0.2, -0.15) is 0 Å². The summed E-state index contributed by atoms with van der Waals surface area (Å²) in [6.45, 7) is 6.71. The Balaban J connectivity index is 1.75. The smallest absolute Gasteiger partial charge is 0.191 e. The Bertz CT molecular complexity index is 546. The van der Waals surface area contributed by atoms with Gasteiger partial charge in [0.05, 0.1) is 5.01 Å². The van der Waals surface area contributed by atoms with Crippen molar-refractivity contribution < 1.29 is 0 Å². The molecule has 21 heavy (non-hydrogen) atoms. The van der Waals surface area contributed by atoms with E-state index >= 15 is 0 Å². The van der Waals surface area contributed by atoms with Crippen LogP contribution in [0.15, 0.2) is 28.7 Å². The highest BCUT2D eigenvalue weighted by molar-refractivity contribution is 7.11. The zero-order valence-corrected chi connectivity index (χ0v) is 14.2. The number of nitrogens with one attached hydrogen (secondary N) is 2. The van der Waals surface area contributed by atoms with Crippen LogP contribution in [0.5, 0.6) is 0 Å². The Morgan fingerprint density at radius 1 is 1.33 bits per heavy atom. The second kappa shape index (κ2) is 8.79. The number of hydrogen-bond acceptors (Lipinski definition) is 4. The van der Waals surface area contributed by atoms with E-state index in [9.17, 15) is 0 Å². The van der Waals surface area contributed by atoms with Crippen LogP contribution in [0.3, 0.4) is 0 Å². The first-order valence-corrected chi connectivity index (χ1v) is 8.93. The molecule has 6 heteroatoms. The fourth-order valence-corrected chi connectivity index (χ4v) is 3.37. The van der Waals surface area contributed by atoms with E-state index in [4.69, 9.17) is 0 Å². The molecule has 0 aliphatic heterocycles. The lowest BCUT2D eigenvalue weighted by atomic mass is 10.3. The van der Waals surface area contributed by atoms with Gasteiger partial charge in [-0.05, 0) is 31.7 Å². The molecule has 0 bridgehead atoms. The highest BCUT2D eigenvalue weighted by Crippen LogP contribution is 2.11. The SMILES string of the molecule is CCNC(=NCCc1ncc(C)s1)NCCc1cccs1. The van der Waals surface area contributed by atoms with E-state index in [1.807, 2.05) is 6.20 Å². The Labute approximate surface area is 134 Å². The number of rotatable bonds is 7. The molecule has 2 N–H and O–H groups in total. The lowest BCUT2D eigenvalue weighted by molar-refractivity contribution is 0.801. The van der Waals surface area contributed by atoms with Crippen molar-refractivity contribution in [2.24, 2.45) is 4.99 Å². The fourth-order valence-electron chi connectivity index (χ4n) is 1.88. The Hall–Kier alpha value is -1.40. The van der Waals surface area contributed by atoms with Crippen LogP contribution in [0.1, 0.15) is 21.7 Å². The molecule has 0 unspecified atom stereocenters. The van der Waals surface area contributed by atoms with Gasteiger partial charge in [0.15, 0.2) is 5.96 Å². The van der Waals surface area contributed by atoms with Gasteiger partial charge < -0.3 is 10.6 Å². The lowest BCUT2D eigenvalue weighted by Gasteiger charge is -2.10. The van der Waals surface area contributed by atoms with E-state index in [2.05, 4.69) is 52.0 Å². The monoisotopic (exact) mass is 322 g/mol. The summed E-state index contributed by atoms with van der Waals surface area (Å²) in [4.78, 5) is 11.6. The Morgan fingerprint density at radius 3 is 2.90 bits per heavy atom. The zero-order chi connectivity index (χ0) is 14.9. The minimum absolute atomic E-state index is 0.765. The average molecular weight is 323 g/mol. The first kappa shape index (κ1) is 16.0. The molecule has 0 amide bonds. The van der Waals surface area contributed by atoms with E-state index in [1.54, 1.807) is 22.7 Å². The van der Waals surface area contributed by atoms with E-state index in [0.717, 1.165) is 43.4 Å². The summed E-state index contributed by atoms with van der Waals surface area (Å²) in [7, 11) is 0. The summed E-state index contributed by atoms with van der Waals surface area (Å²) in [5, 5.41) is 9.93. The lowest BCUT2D eigenvalue weighted by Crippen LogP contribution is -2.38. The van der Waals surface area contributed by atoms with E-state index in [0.29, 0.717) is 0 Å². The summed E-state index contributed by atoms with van der Waals surface area (Å²) in [5.41, 5.74) is 0. The van der Waals surface area contributed by atoms with Crippen molar-refractivity contribution in [1.29, 1.82) is 0 Å². The molecule has 0 radical (unpaired) electrons. The van der Waals surface area contributed by atoms with E-state index in [1.165, 1.54) is 9.75 Å². The summed E-state index contributed by atoms with van der Waals surface area (Å²) < 4.78 is 0. The number of aryl methyl sites for hydroxylation is 1. The molecule has 2 aromatic rings. The summed E-state index contributed by atoms with van der Waals surface area (Å²) in [6, 6.07) is 4.26. The largest absolute Gasteiger partial charge is 0.357 e. The van der Waals surface area contributed by atoms with Crippen LogP contribution in [-0.2, 0) is 12.8 Å². The molecule has 0 saturated carbocycles. The Kier molecular flexibility index (Phi) is 6.69. The normalized spacial score (nSPS) is 11.6. The van der Waals surface area contributed by atoms with Gasteiger partial charge in [-0.1, -0.05) is 6.07 Å². The van der Waals surface area contributed by atoms with Gasteiger partial charge in [-0.3, -0.25) is 4.99 Å². The maximum Gasteiger partial charge on any atom is 0.191 e. The molecule has 0 fully saturated rings. The average Bonchev–Trinajstić information content (AvgIpc) is 3.11. The fraction of sp³-hybridized carbons (Fsp3) is 0.467. The molecule has 2 rings (SSSR count). The van der Waals surface area contributed by atoms with Crippen molar-refractivity contribution in [2.45, 2.75) is 26.7 Å². The van der Waals surface area contributed by atoms with Gasteiger partial charge >= 0.3 is 0 Å². The topological polar surface area (TPSA) is 49.3 Å². The number of guanidine groups is 1. The summed E-state index contributed by atoms with van der Waals surface area (Å²) in [6.07, 6.45) is 3.86. The van der Waals surface area contributed by atoms with Crippen LogP contribution in [0.25, 0.3) is 0 Å². The van der Waals surface area contributed by atoms with Gasteiger partial charge in [0.2, 0.25) is 0 Å². The predicted octanol–water partition coefficient (Wildman–Crippen LogP) is 2.85. The minimum Gasteiger partial charge on any atom is -0.357 e. The second-order valence-electron chi connectivity index (χ2n) is 4.63. The molecule has 0 spiro atoms. The van der Waals surface area contributed by atoms with Crippen LogP contribution in [0.4, 0.5) is 0 Å². The number of aliphatic imine (C=N–C) groups is 1. The Morgan fingerprint density at radius 2 is 2.24 bits per heavy atom. The third-order valence-corrected chi connectivity index (χ3v) is 4.76. The van der Waals surface area contributed by atoms with Gasteiger partial charge in [-0.25, -0.2) is 4.98 Å². The maximum absolute atomic E-state index is 4.60. The highest BCUT2D eigenvalue weighted by Gasteiger charge is 2.00. The molecule has 0 aromatic carbocycles. The highest BCUT2D eigenvalue weighted by atomic mass is 32.1. The van der Waals surface area contributed by atoms with Crippen LogP contribution in [-0.4, -0.2) is 30.6 Å². The third-order valence-electron chi connectivity index (χ3n) is 2.85. The van der Waals surface area contributed by atoms with Crippen LogP contribution in [0, 0.1) is 6.92 Å². The van der Waals surface area contributed by atoms with Crippen molar-refractivity contribution >= 4 is 28.6 Å². The molecule has 0 saturated heterocycles. The van der Waals surface area contributed by atoms with Crippen LogP contribution < -0.4 is 10.6 Å². The number of nitrogens with zero attached hydrogens (tertiary/aromatic N) is 2. The van der Waals surface area contributed by atoms with Gasteiger partial charge in [0.25, 0.3) is 0 Å². The second-order valence-corrected chi connectivity index (χ2v) is 6.98. The number of thiazole rings is 1. The first-order chi connectivity index (χ1) is 10.3. The van der Waals surface area contributed by atoms with E-state index in [-0.39, 0.29) is 0 Å². The molecule has 0 atom stereocenters. The third kappa shape index (κ3) is 5.85. The molecule has 0 aliphatic carbocycles. The quantitative estimate of drug-likeness (QED) is 0.609. The molecular weight excluding hydrogens is 300 g/mol. The number of hydrogen-bond donors (Lipinski definition) is 2. The van der Waals surface area contributed by atoms with Crippen LogP contribution >= 0.6 is 22.7 Å². The minimum atomic E-state index is 0.765. The standard InChI is InChI=1S/C15H22N4S2/c1-3-16-15(17-8-6-13-5-4-10-20-13)18-9-7-14-19-11-12(2)21-14/h4-5,10-11H,3,6-9H2,1-2H3,(H2,16,17,18). The zero-order valence-electron chi connectivity index (χ0n) is 12.6. The van der Waals surface area contributed by atoms with Crippen molar-refractivity contribution in [3.63, 3.8) is 0 Å². The number of aromatic nitrogens is 1. The van der Waals surface area contributed by atoms with Crippen molar-refractivity contribution in [1.82, 2.24) is 15.6 Å². The summed E-state index contributed by atoms with van der Waals surface area (Å²) in [5.74, 6) is 0.891. The van der Waals surface area contributed by atoms with Crippen molar-refractivity contribution in [2.75, 3.05) is 19.6 Å². The first-order valence-electron chi connectivity index (χ1n) is 7.24. The van der Waals surface area contributed by atoms with Crippen molar-refractivity contribution in [3.8, 4) is 0 Å². The van der Waals surface area contributed by atoms with Gasteiger partial charge in [-0.15, -0.1) is 22.7 Å². The molecule has 114 valence electrons. The van der Waals surface area contributed by atoms with Crippen molar-refractivity contribution in [3.05, 3.63) is 38.5 Å². The maximum atomic E-state index is 4.60. The van der Waals surface area contributed by atoms with Gasteiger partial charge in [0.1, 0.15) is 0 Å². The molecular formula is C15H22N4S2. The molecule has 4 nitrogen and oxygen atoms in total. The molecule has 0 aliphatic rings. The molecule has 2 heterocycles.